The number of likely N-dealkylation sites (N-methyl/N-ethyl adjacent to an activating group) is 2. The predicted octanol–water partition coefficient (Wildman–Crippen LogP) is 12.1. The molecule has 0 aliphatic carbocycles. The van der Waals surface area contributed by atoms with E-state index in [4.69, 9.17) is 13.9 Å². The molecular formula is C61H57F2N7O7S3. The van der Waals surface area contributed by atoms with Crippen LogP contribution in [0, 0.1) is 11.6 Å². The molecule has 7 heterocycles. The number of rotatable bonds is 6. The highest BCUT2D eigenvalue weighted by atomic mass is 32.1. The molecule has 13 rings (SSSR count). The number of anilines is 1. The van der Waals surface area contributed by atoms with Crippen molar-refractivity contribution in [3.05, 3.63) is 183 Å². The van der Waals surface area contributed by atoms with Gasteiger partial charge in [0, 0.05) is 67.4 Å². The standard InChI is InChI=1S/C22H21N3O2S.C16H8FNO2S.C10H9NOS.C7H5FO2.C6H14N2/c1-24-9-4-10-25(12-11-24)16-8-7-15-13-17(22(26)27-19(15)14-16)21-23-18-5-2-3-6-20(18)28-21;17-10-6-5-9-7-11(16(19)20-13(9)8-10)15-18-12-3-1-2-4-14(12)21-15;1-7(12)6-10-11-8-4-2-3-5-9(8)13-10;8-6-2-1-5(4-9)7(10)3-6;1-8-5-2-3-7-4-6-8/h2-3,5-8,13-14H,4,9-12H2,1H3;1-8H;2-5H,6H2,1H3;1-4,10H;7H,2-6H2,1H3. The number of aromatic hydroxyl groups is 1. The predicted molar refractivity (Wildman–Crippen MR) is 319 cm³/mol. The molecule has 0 atom stereocenters. The largest absolute Gasteiger partial charge is 0.507 e. The normalized spacial score (nSPS) is 13.9. The molecule has 410 valence electrons. The van der Waals surface area contributed by atoms with Gasteiger partial charge < -0.3 is 34.0 Å². The van der Waals surface area contributed by atoms with Crippen molar-refractivity contribution in [1.29, 1.82) is 0 Å². The third-order valence-electron chi connectivity index (χ3n) is 13.0. The molecule has 11 aromatic rings. The summed E-state index contributed by atoms with van der Waals surface area (Å²) in [6, 6.07) is 40.6. The second kappa shape index (κ2) is 26.8. The van der Waals surface area contributed by atoms with Gasteiger partial charge in [0.15, 0.2) is 6.29 Å². The minimum atomic E-state index is -0.553. The van der Waals surface area contributed by atoms with Gasteiger partial charge in [-0.1, -0.05) is 36.4 Å². The topological polar surface area (TPSA) is 175 Å². The maximum Gasteiger partial charge on any atom is 0.346 e. The fraction of sp³-hybridized carbons (Fsp3) is 0.230. The van der Waals surface area contributed by atoms with Crippen molar-refractivity contribution < 1.29 is 32.3 Å². The van der Waals surface area contributed by atoms with Crippen LogP contribution in [0.25, 0.3) is 73.7 Å². The lowest BCUT2D eigenvalue weighted by molar-refractivity contribution is -0.116. The van der Waals surface area contributed by atoms with Crippen LogP contribution in [0.4, 0.5) is 14.5 Å². The van der Waals surface area contributed by atoms with Gasteiger partial charge in [0.2, 0.25) is 0 Å². The fourth-order valence-electron chi connectivity index (χ4n) is 8.77. The number of carbonyl (C=O) groups is 2. The third kappa shape index (κ3) is 14.9. The van der Waals surface area contributed by atoms with Gasteiger partial charge in [-0.15, -0.1) is 34.0 Å². The molecule has 19 heteroatoms. The van der Waals surface area contributed by atoms with Crippen LogP contribution in [0.1, 0.15) is 35.1 Å². The average Bonchev–Trinajstić information content (AvgIpc) is 4.15. The van der Waals surface area contributed by atoms with E-state index in [1.165, 1.54) is 66.9 Å². The monoisotopic (exact) mass is 1130 g/mol. The number of phenolic OH excluding ortho intramolecular Hbond substituents is 1. The second-order valence-electron chi connectivity index (χ2n) is 19.1. The average molecular weight is 1130 g/mol. The van der Waals surface area contributed by atoms with Crippen molar-refractivity contribution in [2.75, 3.05) is 71.4 Å². The third-order valence-corrected chi connectivity index (χ3v) is 16.1. The van der Waals surface area contributed by atoms with E-state index in [1.807, 2.05) is 91.0 Å². The van der Waals surface area contributed by atoms with E-state index in [1.54, 1.807) is 30.4 Å². The van der Waals surface area contributed by atoms with Crippen LogP contribution >= 0.6 is 34.0 Å². The quantitative estimate of drug-likeness (QED) is 0.119. The lowest BCUT2D eigenvalue weighted by Gasteiger charge is -2.22. The van der Waals surface area contributed by atoms with E-state index >= 15 is 0 Å². The molecule has 0 bridgehead atoms. The van der Waals surface area contributed by atoms with Gasteiger partial charge in [-0.3, -0.25) is 9.59 Å². The number of para-hydroxylation sites is 3. The Morgan fingerprint density at radius 1 is 0.613 bits per heavy atom. The van der Waals surface area contributed by atoms with E-state index in [0.717, 1.165) is 98.0 Å². The van der Waals surface area contributed by atoms with Crippen molar-refractivity contribution in [2.45, 2.75) is 26.2 Å². The van der Waals surface area contributed by atoms with Gasteiger partial charge in [-0.05, 0) is 138 Å². The molecule has 0 radical (unpaired) electrons. The Labute approximate surface area is 471 Å². The van der Waals surface area contributed by atoms with E-state index in [0.29, 0.717) is 44.8 Å². The maximum absolute atomic E-state index is 13.2. The number of hydrogen-bond acceptors (Lipinski definition) is 17. The molecule has 14 nitrogen and oxygen atoms in total. The molecule has 2 aliphatic heterocycles. The molecule has 2 saturated heterocycles. The first-order valence-corrected chi connectivity index (χ1v) is 28.4. The van der Waals surface area contributed by atoms with Crippen molar-refractivity contribution in [3.8, 4) is 26.9 Å². The highest BCUT2D eigenvalue weighted by molar-refractivity contribution is 7.22. The summed E-state index contributed by atoms with van der Waals surface area (Å²) in [5, 5.41) is 16.0. The van der Waals surface area contributed by atoms with E-state index in [-0.39, 0.29) is 28.3 Å². The minimum Gasteiger partial charge on any atom is -0.507 e. The van der Waals surface area contributed by atoms with Crippen molar-refractivity contribution >= 4 is 104 Å². The van der Waals surface area contributed by atoms with Gasteiger partial charge in [-0.25, -0.2) is 33.3 Å². The van der Waals surface area contributed by atoms with Crippen LogP contribution in [-0.4, -0.2) is 108 Å². The lowest BCUT2D eigenvalue weighted by Crippen LogP contribution is -2.28. The zero-order valence-electron chi connectivity index (χ0n) is 44.2. The summed E-state index contributed by atoms with van der Waals surface area (Å²) in [5.74, 6) is -1.14. The number of carbonyl (C=O) groups excluding carboxylic acids is 2. The lowest BCUT2D eigenvalue weighted by atomic mass is 10.1. The van der Waals surface area contributed by atoms with Crippen molar-refractivity contribution in [3.63, 3.8) is 0 Å². The number of aromatic nitrogens is 3. The summed E-state index contributed by atoms with van der Waals surface area (Å²) in [4.78, 5) is 66.2. The fourth-order valence-corrected chi connectivity index (χ4v) is 11.7. The Morgan fingerprint density at radius 2 is 1.15 bits per heavy atom. The smallest absolute Gasteiger partial charge is 0.346 e. The number of benzene rings is 6. The molecular weight excluding hydrogens is 1080 g/mol. The number of hydrogen-bond donors (Lipinski definition) is 2. The van der Waals surface area contributed by atoms with Crippen LogP contribution in [0.5, 0.6) is 5.75 Å². The highest BCUT2D eigenvalue weighted by Crippen LogP contribution is 2.32. The first kappa shape index (κ1) is 56.8. The van der Waals surface area contributed by atoms with Crippen LogP contribution in [0.2, 0.25) is 0 Å². The van der Waals surface area contributed by atoms with Gasteiger partial charge in [-0.2, -0.15) is 0 Å². The van der Waals surface area contributed by atoms with E-state index in [9.17, 15) is 28.0 Å². The van der Waals surface area contributed by atoms with E-state index < -0.39 is 17.3 Å². The van der Waals surface area contributed by atoms with Gasteiger partial charge >= 0.3 is 11.3 Å². The van der Waals surface area contributed by atoms with Gasteiger partial charge in [0.1, 0.15) is 49.4 Å². The molecule has 0 amide bonds. The first-order valence-electron chi connectivity index (χ1n) is 25.9. The van der Waals surface area contributed by atoms with Crippen LogP contribution in [0.3, 0.4) is 0 Å². The number of halogens is 2. The number of nitrogens with one attached hydrogen (secondary N) is 1. The Bertz CT molecular complexity index is 3960. The van der Waals surface area contributed by atoms with Gasteiger partial charge in [0.05, 0.1) is 53.8 Å². The number of ketones is 1. The molecule has 80 heavy (non-hydrogen) atoms. The highest BCUT2D eigenvalue weighted by Gasteiger charge is 2.17. The molecule has 5 aromatic heterocycles. The molecule has 2 fully saturated rings. The number of fused-ring (bicyclic) bond motifs is 5. The summed E-state index contributed by atoms with van der Waals surface area (Å²) in [6.07, 6.45) is 3.36. The molecule has 2 N–H and O–H groups in total. The van der Waals surface area contributed by atoms with E-state index in [2.05, 4.69) is 55.1 Å². The molecule has 0 unspecified atom stereocenters. The summed E-state index contributed by atoms with van der Waals surface area (Å²) in [5.41, 5.74) is 4.90. The summed E-state index contributed by atoms with van der Waals surface area (Å²) < 4.78 is 39.5. The molecule has 2 aliphatic rings. The van der Waals surface area contributed by atoms with Crippen LogP contribution < -0.4 is 21.5 Å². The van der Waals surface area contributed by atoms with Crippen LogP contribution in [0.15, 0.2) is 158 Å². The zero-order chi connectivity index (χ0) is 56.1. The van der Waals surface area contributed by atoms with Crippen molar-refractivity contribution in [1.82, 2.24) is 30.1 Å². The Balaban J connectivity index is 0.000000131. The number of phenols is 1. The zero-order valence-corrected chi connectivity index (χ0v) is 46.6. The summed E-state index contributed by atoms with van der Waals surface area (Å²) in [7, 11) is 4.33. The SMILES string of the molecule is CC(=O)Cc1nc2ccccc2s1.CN1CCCN(c2ccc3cc(-c4nc5ccccc5s4)c(=O)oc3c2)CC1.CN1CCCNCC1.O=Cc1ccc(F)cc1O.O=c1oc2cc(F)ccc2cc1-c1nc2ccccc2s1. The minimum absolute atomic E-state index is 0.0985. The number of aldehydes is 1. The maximum atomic E-state index is 13.2. The Hall–Kier alpha value is -7.91. The van der Waals surface area contributed by atoms with Crippen molar-refractivity contribution in [2.24, 2.45) is 0 Å². The Morgan fingerprint density at radius 3 is 1.74 bits per heavy atom. The first-order chi connectivity index (χ1) is 38.8. The number of Topliss-reactive ketones (excluding diaryl/α,β-unsaturated/α-hetero) is 1. The Kier molecular flexibility index (Phi) is 19.0. The molecule has 0 spiro atoms. The second-order valence-corrected chi connectivity index (χ2v) is 22.3. The summed E-state index contributed by atoms with van der Waals surface area (Å²) >= 11 is 4.54. The van der Waals surface area contributed by atoms with Gasteiger partial charge in [0.25, 0.3) is 0 Å². The summed E-state index contributed by atoms with van der Waals surface area (Å²) in [6.45, 7) is 10.6. The number of nitrogens with zero attached hydrogens (tertiary/aromatic N) is 6. The van der Waals surface area contributed by atoms with Crippen LogP contribution in [-0.2, 0) is 11.2 Å². The molecule has 0 saturated carbocycles. The molecule has 6 aromatic carbocycles. The number of thiazole rings is 3.